The van der Waals surface area contributed by atoms with Crippen molar-refractivity contribution >= 4 is 20.2 Å². The minimum absolute atomic E-state index is 0.308. The molecule has 0 saturated heterocycles. The van der Waals surface area contributed by atoms with E-state index in [9.17, 15) is 4.57 Å². The van der Waals surface area contributed by atoms with Crippen LogP contribution in [-0.2, 0) is 13.6 Å². The van der Waals surface area contributed by atoms with Gasteiger partial charge in [0.1, 0.15) is 4.99 Å². The predicted octanol–water partition coefficient (Wildman–Crippen LogP) is 2.92. The summed E-state index contributed by atoms with van der Waals surface area (Å²) in [4.78, 5) is -0.308. The summed E-state index contributed by atoms with van der Waals surface area (Å²) in [6.07, 6.45) is 0.681. The van der Waals surface area contributed by atoms with Crippen molar-refractivity contribution in [2.45, 2.75) is 32.2 Å². The third kappa shape index (κ3) is 3.48. The van der Waals surface area contributed by atoms with Crippen LogP contribution in [0.15, 0.2) is 0 Å². The van der Waals surface area contributed by atoms with Gasteiger partial charge >= 0.3 is 7.60 Å². The summed E-state index contributed by atoms with van der Waals surface area (Å²) in [5.74, 6) is 0. The van der Waals surface area contributed by atoms with Crippen LogP contribution >= 0.6 is 20.2 Å². The molecule has 0 bridgehead atoms. The van der Waals surface area contributed by atoms with Gasteiger partial charge in [-0.2, -0.15) is 12.6 Å². The molecule has 0 aliphatic heterocycles. The molecule has 3 nitrogen and oxygen atoms in total. The maximum atomic E-state index is 11.8. The minimum atomic E-state index is -2.95. The Morgan fingerprint density at radius 1 is 1.25 bits per heavy atom. The van der Waals surface area contributed by atoms with Crippen molar-refractivity contribution in [3.63, 3.8) is 0 Å². The lowest BCUT2D eigenvalue weighted by Crippen LogP contribution is -2.06. The highest BCUT2D eigenvalue weighted by Gasteiger charge is 2.30. The Morgan fingerprint density at radius 2 is 1.67 bits per heavy atom. The smallest absolute Gasteiger partial charge is 0.308 e. The largest absolute Gasteiger partial charge is 0.343 e. The molecule has 0 N–H and O–H groups in total. The fourth-order valence-electron chi connectivity index (χ4n) is 0.793. The zero-order valence-electron chi connectivity index (χ0n) is 7.82. The fraction of sp³-hybridized carbons (Fsp3) is 1.00. The topological polar surface area (TPSA) is 35.5 Å². The van der Waals surface area contributed by atoms with Crippen LogP contribution in [0.25, 0.3) is 0 Å². The van der Waals surface area contributed by atoms with E-state index in [-0.39, 0.29) is 4.99 Å². The van der Waals surface area contributed by atoms with Gasteiger partial charge < -0.3 is 9.05 Å². The van der Waals surface area contributed by atoms with Crippen molar-refractivity contribution in [2.24, 2.45) is 0 Å². The minimum Gasteiger partial charge on any atom is -0.308 e. The fourth-order valence-corrected chi connectivity index (χ4v) is 2.78. The predicted molar refractivity (Wildman–Crippen MR) is 53.9 cm³/mol. The van der Waals surface area contributed by atoms with Gasteiger partial charge in [-0.15, -0.1) is 0 Å². The SMILES string of the molecule is CCOP(=O)(OCC)C(S)CC. The number of thiol groups is 1. The summed E-state index contributed by atoms with van der Waals surface area (Å²) in [5.41, 5.74) is 0. The van der Waals surface area contributed by atoms with Gasteiger partial charge in [-0.05, 0) is 20.3 Å². The molecule has 1 atom stereocenters. The Kier molecular flexibility index (Phi) is 6.28. The maximum Gasteiger partial charge on any atom is 0.343 e. The molecule has 0 aliphatic carbocycles. The van der Waals surface area contributed by atoms with Gasteiger partial charge in [0, 0.05) is 0 Å². The molecule has 0 rings (SSSR count). The Hall–Kier alpha value is 0.500. The monoisotopic (exact) mass is 212 g/mol. The van der Waals surface area contributed by atoms with Crippen LogP contribution in [0.4, 0.5) is 0 Å². The number of hydrogen-bond acceptors (Lipinski definition) is 4. The lowest BCUT2D eigenvalue weighted by atomic mass is 10.6. The van der Waals surface area contributed by atoms with Gasteiger partial charge in [0.2, 0.25) is 0 Å². The Bertz CT molecular complexity index is 153. The van der Waals surface area contributed by atoms with Crippen LogP contribution in [-0.4, -0.2) is 18.2 Å². The molecule has 0 fully saturated rings. The maximum absolute atomic E-state index is 11.8. The molecule has 0 aliphatic rings. The van der Waals surface area contributed by atoms with Crippen LogP contribution < -0.4 is 0 Å². The zero-order valence-corrected chi connectivity index (χ0v) is 9.61. The van der Waals surface area contributed by atoms with Crippen LogP contribution in [0.3, 0.4) is 0 Å². The number of hydrogen-bond donors (Lipinski definition) is 1. The molecule has 5 heteroatoms. The zero-order chi connectivity index (χ0) is 9.61. The molecular weight excluding hydrogens is 195 g/mol. The first-order valence-electron chi connectivity index (χ1n) is 4.17. The molecule has 0 radical (unpaired) electrons. The molecule has 1 unspecified atom stereocenters. The molecule has 0 saturated carbocycles. The van der Waals surface area contributed by atoms with E-state index in [2.05, 4.69) is 12.6 Å². The van der Waals surface area contributed by atoms with Crippen LogP contribution in [0.5, 0.6) is 0 Å². The second-order valence-corrected chi connectivity index (χ2v) is 5.51. The van der Waals surface area contributed by atoms with Crippen molar-refractivity contribution in [3.05, 3.63) is 0 Å². The van der Waals surface area contributed by atoms with E-state index >= 15 is 0 Å². The molecule has 0 amide bonds. The van der Waals surface area contributed by atoms with Gasteiger partial charge in [0.25, 0.3) is 0 Å². The summed E-state index contributed by atoms with van der Waals surface area (Å²) < 4.78 is 22.0. The van der Waals surface area contributed by atoms with Crippen molar-refractivity contribution in [1.82, 2.24) is 0 Å². The Labute approximate surface area is 79.8 Å². The second kappa shape index (κ2) is 6.03. The molecule has 12 heavy (non-hydrogen) atoms. The van der Waals surface area contributed by atoms with Crippen LogP contribution in [0.1, 0.15) is 27.2 Å². The van der Waals surface area contributed by atoms with Gasteiger partial charge in [0.15, 0.2) is 0 Å². The van der Waals surface area contributed by atoms with Crippen LogP contribution in [0, 0.1) is 0 Å². The summed E-state index contributed by atoms with van der Waals surface area (Å²) in [6, 6.07) is 0. The lowest BCUT2D eigenvalue weighted by Gasteiger charge is -2.21. The van der Waals surface area contributed by atoms with Gasteiger partial charge in [-0.25, -0.2) is 0 Å². The van der Waals surface area contributed by atoms with Gasteiger partial charge in [0.05, 0.1) is 13.2 Å². The van der Waals surface area contributed by atoms with E-state index in [1.54, 1.807) is 13.8 Å². The van der Waals surface area contributed by atoms with E-state index in [0.29, 0.717) is 19.6 Å². The number of rotatable bonds is 6. The van der Waals surface area contributed by atoms with Crippen molar-refractivity contribution < 1.29 is 13.6 Å². The summed E-state index contributed by atoms with van der Waals surface area (Å²) in [6.45, 7) is 6.29. The highest BCUT2D eigenvalue weighted by Crippen LogP contribution is 2.55. The first-order valence-corrected chi connectivity index (χ1v) is 6.30. The van der Waals surface area contributed by atoms with E-state index < -0.39 is 7.60 Å². The van der Waals surface area contributed by atoms with Crippen LogP contribution in [0.2, 0.25) is 0 Å². The molecule has 0 spiro atoms. The Morgan fingerprint density at radius 3 is 1.92 bits per heavy atom. The highest BCUT2D eigenvalue weighted by atomic mass is 32.1. The molecule has 0 aromatic heterocycles. The Balaban J connectivity index is 4.27. The quantitative estimate of drug-likeness (QED) is 0.543. The standard InChI is InChI=1S/C7H17O3PS/c1-4-7(12)11(8,9-5-2)10-6-3/h7,12H,4-6H2,1-3H3. The third-order valence-corrected chi connectivity index (χ3v) is 4.89. The van der Waals surface area contributed by atoms with Crippen molar-refractivity contribution in [3.8, 4) is 0 Å². The summed E-state index contributed by atoms with van der Waals surface area (Å²) in [5, 5.41) is 0. The molecule has 0 aromatic carbocycles. The second-order valence-electron chi connectivity index (χ2n) is 2.26. The van der Waals surface area contributed by atoms with Gasteiger partial charge in [-0.1, -0.05) is 6.92 Å². The van der Waals surface area contributed by atoms with Gasteiger partial charge in [-0.3, -0.25) is 4.57 Å². The molecule has 0 aromatic rings. The molecule has 74 valence electrons. The normalized spacial score (nSPS) is 14.7. The van der Waals surface area contributed by atoms with E-state index in [1.165, 1.54) is 0 Å². The first kappa shape index (κ1) is 12.5. The van der Waals surface area contributed by atoms with Crippen molar-refractivity contribution in [2.75, 3.05) is 13.2 Å². The van der Waals surface area contributed by atoms with Crippen molar-refractivity contribution in [1.29, 1.82) is 0 Å². The molecule has 0 heterocycles. The third-order valence-electron chi connectivity index (χ3n) is 1.35. The first-order chi connectivity index (χ1) is 5.60. The summed E-state index contributed by atoms with van der Waals surface area (Å²) in [7, 11) is -2.95. The van der Waals surface area contributed by atoms with E-state index in [0.717, 1.165) is 0 Å². The average molecular weight is 212 g/mol. The van der Waals surface area contributed by atoms with E-state index in [1.807, 2.05) is 6.92 Å². The van der Waals surface area contributed by atoms with E-state index in [4.69, 9.17) is 9.05 Å². The average Bonchev–Trinajstić information content (AvgIpc) is 2.04. The molecular formula is C7H17O3PS. The highest BCUT2D eigenvalue weighted by molar-refractivity contribution is 7.89. The summed E-state index contributed by atoms with van der Waals surface area (Å²) >= 11 is 4.17. The lowest BCUT2D eigenvalue weighted by molar-refractivity contribution is 0.218.